The molecule has 4 heteroatoms. The van der Waals surface area contributed by atoms with Gasteiger partial charge in [-0.3, -0.25) is 0 Å². The Morgan fingerprint density at radius 3 is 2.84 bits per heavy atom. The summed E-state index contributed by atoms with van der Waals surface area (Å²) in [5.41, 5.74) is 7.27. The number of ether oxygens (including phenoxy) is 1. The molecule has 4 nitrogen and oxygen atoms in total. The summed E-state index contributed by atoms with van der Waals surface area (Å²) in [6.07, 6.45) is 6.56. The molecule has 0 saturated heterocycles. The lowest BCUT2D eigenvalue weighted by molar-refractivity contribution is 0.149. The fourth-order valence-electron chi connectivity index (χ4n) is 2.78. The number of pyridine rings is 1. The van der Waals surface area contributed by atoms with Crippen LogP contribution in [-0.2, 0) is 0 Å². The predicted octanol–water partition coefficient (Wildman–Crippen LogP) is 2.41. The molecule has 1 aliphatic rings. The monoisotopic (exact) mass is 259 g/mol. The molecule has 1 fully saturated rings. The number of nitrogens with two attached hydrogens (primary N) is 1. The van der Waals surface area contributed by atoms with Crippen LogP contribution in [0.25, 0.3) is 0 Å². The Bertz CT molecular complexity index is 467. The number of nitrogens with zero attached hydrogens (tertiary/aromatic N) is 2. The molecule has 2 N–H and O–H groups in total. The highest BCUT2D eigenvalue weighted by Crippen LogP contribution is 2.30. The Hall–Kier alpha value is -1.60. The molecule has 1 aromatic rings. The third kappa shape index (κ3) is 3.24. The zero-order valence-electron chi connectivity index (χ0n) is 11.4. The van der Waals surface area contributed by atoms with Gasteiger partial charge in [-0.15, -0.1) is 0 Å². The minimum atomic E-state index is 0.462. The number of hydrogen-bond acceptors (Lipinski definition) is 4. The molecule has 1 aliphatic carbocycles. The van der Waals surface area contributed by atoms with E-state index < -0.39 is 0 Å². The molecule has 102 valence electrons. The molecule has 0 spiro atoms. The predicted molar refractivity (Wildman–Crippen MR) is 73.7 cm³/mol. The summed E-state index contributed by atoms with van der Waals surface area (Å²) >= 11 is 0. The minimum Gasteiger partial charge on any atom is -0.476 e. The van der Waals surface area contributed by atoms with Crippen LogP contribution in [0.4, 0.5) is 0 Å². The third-order valence-corrected chi connectivity index (χ3v) is 4.04. The van der Waals surface area contributed by atoms with Gasteiger partial charge in [0.1, 0.15) is 11.6 Å². The van der Waals surface area contributed by atoms with Gasteiger partial charge in [0.15, 0.2) is 0 Å². The SMILES string of the molecule is Cc1ccnc(OCC2CCCCC2CN)c1C#N. The van der Waals surface area contributed by atoms with Crippen molar-refractivity contribution >= 4 is 0 Å². The summed E-state index contributed by atoms with van der Waals surface area (Å²) in [4.78, 5) is 4.17. The molecule has 1 aromatic heterocycles. The molecule has 0 aliphatic heterocycles. The maximum atomic E-state index is 9.14. The average Bonchev–Trinajstić information content (AvgIpc) is 2.45. The van der Waals surface area contributed by atoms with Crippen LogP contribution in [0.15, 0.2) is 12.3 Å². The van der Waals surface area contributed by atoms with Gasteiger partial charge in [-0.2, -0.15) is 5.26 Å². The molecular weight excluding hydrogens is 238 g/mol. The molecule has 0 aromatic carbocycles. The van der Waals surface area contributed by atoms with Crippen molar-refractivity contribution in [3.05, 3.63) is 23.4 Å². The first-order chi connectivity index (χ1) is 9.26. The fraction of sp³-hybridized carbons (Fsp3) is 0.600. The smallest absolute Gasteiger partial charge is 0.231 e. The first-order valence-electron chi connectivity index (χ1n) is 6.94. The van der Waals surface area contributed by atoms with Gasteiger partial charge in [0.25, 0.3) is 0 Å². The lowest BCUT2D eigenvalue weighted by atomic mass is 9.80. The van der Waals surface area contributed by atoms with Crippen molar-refractivity contribution < 1.29 is 4.74 Å². The summed E-state index contributed by atoms with van der Waals surface area (Å²) in [5, 5.41) is 9.14. The summed E-state index contributed by atoms with van der Waals surface area (Å²) in [5.74, 6) is 1.50. The highest BCUT2D eigenvalue weighted by atomic mass is 16.5. The normalized spacial score (nSPS) is 22.8. The van der Waals surface area contributed by atoms with E-state index in [-0.39, 0.29) is 0 Å². The minimum absolute atomic E-state index is 0.462. The first-order valence-corrected chi connectivity index (χ1v) is 6.94. The quantitative estimate of drug-likeness (QED) is 0.901. The van der Waals surface area contributed by atoms with E-state index in [1.54, 1.807) is 6.20 Å². The van der Waals surface area contributed by atoms with E-state index in [0.29, 0.717) is 29.9 Å². The van der Waals surface area contributed by atoms with Crippen molar-refractivity contribution in [3.63, 3.8) is 0 Å². The zero-order valence-corrected chi connectivity index (χ0v) is 11.4. The van der Waals surface area contributed by atoms with Crippen molar-refractivity contribution in [2.45, 2.75) is 32.6 Å². The number of rotatable bonds is 4. The zero-order chi connectivity index (χ0) is 13.7. The van der Waals surface area contributed by atoms with Gasteiger partial charge in [-0.25, -0.2) is 4.98 Å². The molecule has 2 atom stereocenters. The van der Waals surface area contributed by atoms with Crippen LogP contribution in [-0.4, -0.2) is 18.1 Å². The number of nitriles is 1. The molecule has 19 heavy (non-hydrogen) atoms. The van der Waals surface area contributed by atoms with Crippen molar-refractivity contribution in [1.29, 1.82) is 5.26 Å². The second-order valence-corrected chi connectivity index (χ2v) is 5.27. The van der Waals surface area contributed by atoms with E-state index in [2.05, 4.69) is 11.1 Å². The maximum absolute atomic E-state index is 9.14. The van der Waals surface area contributed by atoms with Gasteiger partial charge in [0.2, 0.25) is 5.88 Å². The Balaban J connectivity index is 2.02. The van der Waals surface area contributed by atoms with Crippen LogP contribution in [0, 0.1) is 30.1 Å². The van der Waals surface area contributed by atoms with E-state index in [1.807, 2.05) is 13.0 Å². The lowest BCUT2D eigenvalue weighted by Gasteiger charge is -2.30. The molecular formula is C15H21N3O. The number of aryl methyl sites for hydroxylation is 1. The Morgan fingerprint density at radius 1 is 1.42 bits per heavy atom. The van der Waals surface area contributed by atoms with Gasteiger partial charge in [0.05, 0.1) is 6.61 Å². The van der Waals surface area contributed by atoms with Crippen LogP contribution in [0.3, 0.4) is 0 Å². The van der Waals surface area contributed by atoms with E-state index in [1.165, 1.54) is 19.3 Å². The largest absolute Gasteiger partial charge is 0.476 e. The highest BCUT2D eigenvalue weighted by Gasteiger charge is 2.25. The van der Waals surface area contributed by atoms with E-state index in [9.17, 15) is 0 Å². The van der Waals surface area contributed by atoms with Crippen molar-refractivity contribution in [1.82, 2.24) is 4.98 Å². The van der Waals surface area contributed by atoms with Crippen LogP contribution in [0.1, 0.15) is 36.8 Å². The molecule has 0 bridgehead atoms. The van der Waals surface area contributed by atoms with Gasteiger partial charge in [-0.1, -0.05) is 12.8 Å². The molecule has 1 saturated carbocycles. The van der Waals surface area contributed by atoms with Crippen LogP contribution >= 0.6 is 0 Å². The Morgan fingerprint density at radius 2 is 2.16 bits per heavy atom. The second kappa shape index (κ2) is 6.53. The summed E-state index contributed by atoms with van der Waals surface area (Å²) in [7, 11) is 0. The van der Waals surface area contributed by atoms with Gasteiger partial charge in [0, 0.05) is 6.20 Å². The molecule has 0 amide bonds. The van der Waals surface area contributed by atoms with Gasteiger partial charge < -0.3 is 10.5 Å². The van der Waals surface area contributed by atoms with Crippen LogP contribution in [0.2, 0.25) is 0 Å². The second-order valence-electron chi connectivity index (χ2n) is 5.27. The van der Waals surface area contributed by atoms with Gasteiger partial charge >= 0.3 is 0 Å². The summed E-state index contributed by atoms with van der Waals surface area (Å²) in [6.45, 7) is 3.24. The van der Waals surface area contributed by atoms with Gasteiger partial charge in [-0.05, 0) is 49.8 Å². The molecule has 1 heterocycles. The Kier molecular flexibility index (Phi) is 4.75. The third-order valence-electron chi connectivity index (χ3n) is 4.04. The van der Waals surface area contributed by atoms with E-state index in [0.717, 1.165) is 18.5 Å². The number of hydrogen-bond donors (Lipinski definition) is 1. The molecule has 2 rings (SSSR count). The average molecular weight is 259 g/mol. The topological polar surface area (TPSA) is 71.9 Å². The first kappa shape index (κ1) is 13.8. The van der Waals surface area contributed by atoms with Crippen LogP contribution in [0.5, 0.6) is 5.88 Å². The standard InChI is InChI=1S/C15H21N3O/c1-11-6-7-18-15(14(11)9-17)19-10-13-5-3-2-4-12(13)8-16/h6-7,12-13H,2-5,8,10,16H2,1H3. The lowest BCUT2D eigenvalue weighted by Crippen LogP contribution is -2.31. The Labute approximate surface area is 114 Å². The molecule has 2 unspecified atom stereocenters. The summed E-state index contributed by atoms with van der Waals surface area (Å²) in [6, 6.07) is 3.99. The highest BCUT2D eigenvalue weighted by molar-refractivity contribution is 5.43. The van der Waals surface area contributed by atoms with Crippen molar-refractivity contribution in [3.8, 4) is 11.9 Å². The number of aromatic nitrogens is 1. The van der Waals surface area contributed by atoms with Crippen LogP contribution < -0.4 is 10.5 Å². The maximum Gasteiger partial charge on any atom is 0.231 e. The van der Waals surface area contributed by atoms with E-state index in [4.69, 9.17) is 15.7 Å². The molecule has 0 radical (unpaired) electrons. The van der Waals surface area contributed by atoms with Crippen molar-refractivity contribution in [2.24, 2.45) is 17.6 Å². The van der Waals surface area contributed by atoms with Crippen molar-refractivity contribution in [2.75, 3.05) is 13.2 Å². The fourth-order valence-corrected chi connectivity index (χ4v) is 2.78. The summed E-state index contributed by atoms with van der Waals surface area (Å²) < 4.78 is 5.79. The van der Waals surface area contributed by atoms with E-state index >= 15 is 0 Å².